The fourth-order valence-corrected chi connectivity index (χ4v) is 3.44. The normalized spacial score (nSPS) is 21.5. The number of ether oxygens (including phenoxy) is 1. The number of hydrogen-bond donors (Lipinski definition) is 1. The molecule has 1 saturated carbocycles. The molecule has 2 nitrogen and oxygen atoms in total. The Morgan fingerprint density at radius 2 is 2.00 bits per heavy atom. The Hall–Kier alpha value is -0.800. The van der Waals surface area contributed by atoms with Crippen LogP contribution >= 0.6 is 34.8 Å². The van der Waals surface area contributed by atoms with Crippen LogP contribution in [0.25, 0.3) is 0 Å². The number of thiocarbonyl (C=S) groups is 1. The molecule has 0 aliphatic heterocycles. The SMILES string of the molecule is COc1ccc(C#CC(=S)N[C@@H]2CCCC[C@H]2I)cc1. The van der Waals surface area contributed by atoms with E-state index in [9.17, 15) is 0 Å². The first-order chi connectivity index (χ1) is 9.69. The summed E-state index contributed by atoms with van der Waals surface area (Å²) in [7, 11) is 1.66. The second kappa shape index (κ2) is 7.84. The first-order valence-electron chi connectivity index (χ1n) is 6.79. The van der Waals surface area contributed by atoms with Crippen LogP contribution in [-0.2, 0) is 0 Å². The van der Waals surface area contributed by atoms with Gasteiger partial charge in [-0.25, -0.2) is 0 Å². The molecule has 2 rings (SSSR count). The van der Waals surface area contributed by atoms with Gasteiger partial charge in [-0.15, -0.1) is 0 Å². The van der Waals surface area contributed by atoms with Gasteiger partial charge < -0.3 is 10.1 Å². The van der Waals surface area contributed by atoms with Crippen LogP contribution in [0, 0.1) is 11.8 Å². The van der Waals surface area contributed by atoms with Crippen LogP contribution in [-0.4, -0.2) is 22.1 Å². The Morgan fingerprint density at radius 3 is 2.65 bits per heavy atom. The van der Waals surface area contributed by atoms with Gasteiger partial charge in [0.25, 0.3) is 0 Å². The highest BCUT2D eigenvalue weighted by molar-refractivity contribution is 14.1. The van der Waals surface area contributed by atoms with Gasteiger partial charge in [0.1, 0.15) is 5.75 Å². The summed E-state index contributed by atoms with van der Waals surface area (Å²) in [4.78, 5) is 0.648. The Bertz CT molecular complexity index is 518. The third-order valence-corrected chi connectivity index (χ3v) is 5.12. The number of alkyl halides is 1. The molecule has 0 aromatic heterocycles. The first kappa shape index (κ1) is 15.6. The quantitative estimate of drug-likeness (QED) is 0.355. The van der Waals surface area contributed by atoms with E-state index in [0.29, 0.717) is 15.0 Å². The molecule has 0 saturated heterocycles. The van der Waals surface area contributed by atoms with Gasteiger partial charge in [-0.1, -0.05) is 53.6 Å². The molecule has 0 radical (unpaired) electrons. The van der Waals surface area contributed by atoms with E-state index in [2.05, 4.69) is 39.7 Å². The molecule has 0 spiro atoms. The van der Waals surface area contributed by atoms with E-state index in [4.69, 9.17) is 17.0 Å². The Morgan fingerprint density at radius 1 is 1.30 bits per heavy atom. The van der Waals surface area contributed by atoms with Crippen molar-refractivity contribution in [2.45, 2.75) is 35.6 Å². The van der Waals surface area contributed by atoms with Crippen LogP contribution in [0.15, 0.2) is 24.3 Å². The molecular formula is C16H18INOS. The van der Waals surface area contributed by atoms with Crippen molar-refractivity contribution in [1.29, 1.82) is 0 Å². The van der Waals surface area contributed by atoms with Crippen LogP contribution in [0.4, 0.5) is 0 Å². The van der Waals surface area contributed by atoms with E-state index >= 15 is 0 Å². The minimum absolute atomic E-state index is 0.474. The van der Waals surface area contributed by atoms with Gasteiger partial charge in [0.2, 0.25) is 0 Å². The van der Waals surface area contributed by atoms with Gasteiger partial charge in [-0.2, -0.15) is 0 Å². The van der Waals surface area contributed by atoms with E-state index in [1.165, 1.54) is 25.7 Å². The Labute approximate surface area is 139 Å². The number of benzene rings is 1. The average Bonchev–Trinajstić information content (AvgIpc) is 2.48. The summed E-state index contributed by atoms with van der Waals surface area (Å²) in [5.74, 6) is 6.96. The van der Waals surface area contributed by atoms with Crippen LogP contribution in [0.2, 0.25) is 0 Å². The molecule has 106 valence electrons. The molecule has 20 heavy (non-hydrogen) atoms. The van der Waals surface area contributed by atoms with Crippen molar-refractivity contribution in [2.24, 2.45) is 0 Å². The lowest BCUT2D eigenvalue weighted by atomic mass is 9.95. The second-order valence-electron chi connectivity index (χ2n) is 4.86. The number of hydrogen-bond acceptors (Lipinski definition) is 2. The average molecular weight is 399 g/mol. The molecule has 0 unspecified atom stereocenters. The Balaban J connectivity index is 1.92. The fourth-order valence-electron chi connectivity index (χ4n) is 2.26. The van der Waals surface area contributed by atoms with Crippen LogP contribution in [0.3, 0.4) is 0 Å². The number of rotatable bonds is 2. The fraction of sp³-hybridized carbons (Fsp3) is 0.438. The summed E-state index contributed by atoms with van der Waals surface area (Å²) < 4.78 is 5.77. The van der Waals surface area contributed by atoms with Gasteiger partial charge in [-0.05, 0) is 43.0 Å². The predicted molar refractivity (Wildman–Crippen MR) is 95.7 cm³/mol. The predicted octanol–water partition coefficient (Wildman–Crippen LogP) is 3.71. The van der Waals surface area contributed by atoms with Crippen molar-refractivity contribution in [1.82, 2.24) is 5.32 Å². The van der Waals surface area contributed by atoms with Crippen molar-refractivity contribution in [3.05, 3.63) is 29.8 Å². The van der Waals surface area contributed by atoms with Crippen molar-refractivity contribution in [3.63, 3.8) is 0 Å². The standard InChI is InChI=1S/C16H18INOS/c1-19-13-9-6-12(7-10-13)8-11-16(20)18-15-5-3-2-4-14(15)17/h6-7,9-10,14-15H,2-5H2,1H3,(H,18,20)/t14-,15-/m1/s1. The number of methoxy groups -OCH3 is 1. The smallest absolute Gasteiger partial charge is 0.151 e. The minimum Gasteiger partial charge on any atom is -0.497 e. The highest BCUT2D eigenvalue weighted by Crippen LogP contribution is 2.24. The van der Waals surface area contributed by atoms with Gasteiger partial charge >= 0.3 is 0 Å². The molecule has 0 heterocycles. The molecule has 1 aromatic carbocycles. The van der Waals surface area contributed by atoms with E-state index in [-0.39, 0.29) is 0 Å². The summed E-state index contributed by atoms with van der Waals surface area (Å²) in [5.41, 5.74) is 0.949. The zero-order chi connectivity index (χ0) is 14.4. The summed E-state index contributed by atoms with van der Waals surface area (Å²) >= 11 is 7.84. The zero-order valence-corrected chi connectivity index (χ0v) is 14.5. The van der Waals surface area contributed by atoms with E-state index in [1.807, 2.05) is 24.3 Å². The molecule has 1 aromatic rings. The van der Waals surface area contributed by atoms with Crippen molar-refractivity contribution >= 4 is 39.8 Å². The summed E-state index contributed by atoms with van der Waals surface area (Å²) in [6.07, 6.45) is 5.08. The van der Waals surface area contributed by atoms with Crippen LogP contribution in [0.5, 0.6) is 5.75 Å². The topological polar surface area (TPSA) is 21.3 Å². The third kappa shape index (κ3) is 4.64. The molecule has 1 N–H and O–H groups in total. The van der Waals surface area contributed by atoms with Gasteiger partial charge in [0, 0.05) is 15.5 Å². The lowest BCUT2D eigenvalue weighted by Gasteiger charge is -2.28. The maximum absolute atomic E-state index is 5.32. The van der Waals surface area contributed by atoms with Crippen LogP contribution < -0.4 is 10.1 Å². The van der Waals surface area contributed by atoms with Crippen molar-refractivity contribution in [2.75, 3.05) is 7.11 Å². The number of nitrogens with one attached hydrogen (secondary N) is 1. The van der Waals surface area contributed by atoms with Crippen molar-refractivity contribution in [3.8, 4) is 17.6 Å². The van der Waals surface area contributed by atoms with E-state index < -0.39 is 0 Å². The van der Waals surface area contributed by atoms with E-state index in [0.717, 1.165) is 11.3 Å². The van der Waals surface area contributed by atoms with Crippen LogP contribution in [0.1, 0.15) is 31.2 Å². The van der Waals surface area contributed by atoms with E-state index in [1.54, 1.807) is 7.11 Å². The molecule has 1 fully saturated rings. The monoisotopic (exact) mass is 399 g/mol. The maximum atomic E-state index is 5.32. The summed E-state index contributed by atoms with van der Waals surface area (Å²) in [5, 5.41) is 3.39. The first-order valence-corrected chi connectivity index (χ1v) is 8.45. The van der Waals surface area contributed by atoms with Gasteiger partial charge in [0.15, 0.2) is 4.99 Å². The zero-order valence-electron chi connectivity index (χ0n) is 11.5. The molecule has 1 aliphatic carbocycles. The molecule has 1 aliphatic rings. The largest absolute Gasteiger partial charge is 0.497 e. The highest BCUT2D eigenvalue weighted by Gasteiger charge is 2.22. The second-order valence-corrected chi connectivity index (χ2v) is 6.87. The summed E-state index contributed by atoms with van der Waals surface area (Å²) in [6.45, 7) is 0. The number of halogens is 1. The maximum Gasteiger partial charge on any atom is 0.151 e. The molecule has 0 bridgehead atoms. The highest BCUT2D eigenvalue weighted by atomic mass is 127. The lowest BCUT2D eigenvalue weighted by molar-refractivity contribution is 0.415. The molecule has 2 atom stereocenters. The third-order valence-electron chi connectivity index (χ3n) is 3.41. The molecular weight excluding hydrogens is 381 g/mol. The lowest BCUT2D eigenvalue weighted by Crippen LogP contribution is -2.41. The van der Waals surface area contributed by atoms with Gasteiger partial charge in [0.05, 0.1) is 7.11 Å². The van der Waals surface area contributed by atoms with Gasteiger partial charge in [-0.3, -0.25) is 0 Å². The molecule has 0 amide bonds. The van der Waals surface area contributed by atoms with Crippen molar-refractivity contribution < 1.29 is 4.74 Å². The Kier molecular flexibility index (Phi) is 6.11. The summed E-state index contributed by atoms with van der Waals surface area (Å²) in [6, 6.07) is 8.17. The molecule has 4 heteroatoms. The minimum atomic E-state index is 0.474.